The minimum absolute atomic E-state index is 0.441. The van der Waals surface area contributed by atoms with Crippen LogP contribution in [0.3, 0.4) is 0 Å². The Bertz CT molecular complexity index is 233. The van der Waals surface area contributed by atoms with E-state index in [1.165, 1.54) is 77.4 Å². The van der Waals surface area contributed by atoms with Crippen LogP contribution < -0.4 is 5.73 Å². The molecule has 2 N–H and O–H groups in total. The lowest BCUT2D eigenvalue weighted by molar-refractivity contribution is 0.0837. The van der Waals surface area contributed by atoms with Crippen LogP contribution in [0.5, 0.6) is 0 Å². The predicted molar refractivity (Wildman–Crippen MR) is 78.6 cm³/mol. The first-order valence-electron chi connectivity index (χ1n) is 8.16. The van der Waals surface area contributed by atoms with Crippen LogP contribution in [0.1, 0.15) is 64.7 Å². The van der Waals surface area contributed by atoms with Crippen molar-refractivity contribution >= 4 is 0 Å². The van der Waals surface area contributed by atoms with Crippen molar-refractivity contribution < 1.29 is 0 Å². The fourth-order valence-corrected chi connectivity index (χ4v) is 4.11. The quantitative estimate of drug-likeness (QED) is 0.834. The summed E-state index contributed by atoms with van der Waals surface area (Å²) in [4.78, 5) is 2.73. The monoisotopic (exact) mass is 252 g/mol. The smallest absolute Gasteiger partial charge is 0.00502 e. The van der Waals surface area contributed by atoms with Gasteiger partial charge in [-0.15, -0.1) is 0 Å². The van der Waals surface area contributed by atoms with Crippen molar-refractivity contribution in [3.63, 3.8) is 0 Å². The molecule has 1 aliphatic heterocycles. The maximum Gasteiger partial charge on any atom is 0.00502 e. The fourth-order valence-electron chi connectivity index (χ4n) is 4.11. The summed E-state index contributed by atoms with van der Waals surface area (Å²) >= 11 is 0. The molecule has 1 heterocycles. The zero-order chi connectivity index (χ0) is 12.8. The molecule has 0 amide bonds. The van der Waals surface area contributed by atoms with E-state index in [-0.39, 0.29) is 0 Å². The third kappa shape index (κ3) is 3.96. The van der Waals surface area contributed by atoms with Crippen LogP contribution in [0.25, 0.3) is 0 Å². The van der Waals surface area contributed by atoms with Gasteiger partial charge in [-0.25, -0.2) is 0 Å². The van der Waals surface area contributed by atoms with Crippen molar-refractivity contribution in [1.82, 2.24) is 4.90 Å². The first kappa shape index (κ1) is 14.3. The average Bonchev–Trinajstić information content (AvgIpc) is 2.33. The molecule has 0 aromatic rings. The van der Waals surface area contributed by atoms with Crippen molar-refractivity contribution in [1.29, 1.82) is 0 Å². The van der Waals surface area contributed by atoms with E-state index in [1.807, 2.05) is 0 Å². The summed E-state index contributed by atoms with van der Waals surface area (Å²) in [6.07, 6.45) is 12.7. The lowest BCUT2D eigenvalue weighted by Crippen LogP contribution is -2.46. The van der Waals surface area contributed by atoms with E-state index in [2.05, 4.69) is 11.8 Å². The molecular weight excluding hydrogens is 220 g/mol. The maximum absolute atomic E-state index is 6.16. The molecule has 0 radical (unpaired) electrons. The van der Waals surface area contributed by atoms with Gasteiger partial charge in [-0.05, 0) is 56.7 Å². The number of hydrogen-bond donors (Lipinski definition) is 1. The molecule has 0 aromatic heterocycles. The molecule has 2 aliphatic rings. The molecule has 0 bridgehead atoms. The van der Waals surface area contributed by atoms with Crippen LogP contribution in [0.15, 0.2) is 0 Å². The minimum Gasteiger partial charge on any atom is -0.330 e. The molecule has 2 nitrogen and oxygen atoms in total. The van der Waals surface area contributed by atoms with E-state index in [9.17, 15) is 0 Å². The molecule has 2 unspecified atom stereocenters. The van der Waals surface area contributed by atoms with E-state index in [0.29, 0.717) is 5.41 Å². The number of nitrogens with zero attached hydrogens (tertiary/aromatic N) is 1. The van der Waals surface area contributed by atoms with E-state index in [1.54, 1.807) is 0 Å². The summed E-state index contributed by atoms with van der Waals surface area (Å²) in [6.45, 7) is 7.21. The summed E-state index contributed by atoms with van der Waals surface area (Å²) < 4.78 is 0. The van der Waals surface area contributed by atoms with E-state index in [0.717, 1.165) is 12.5 Å². The predicted octanol–water partition coefficient (Wildman–Crippen LogP) is 3.41. The Morgan fingerprint density at radius 3 is 2.33 bits per heavy atom. The second kappa shape index (κ2) is 6.91. The highest BCUT2D eigenvalue weighted by Gasteiger charge is 2.35. The first-order chi connectivity index (χ1) is 8.74. The molecule has 1 saturated heterocycles. The summed E-state index contributed by atoms with van der Waals surface area (Å²) in [5, 5.41) is 0. The Balaban J connectivity index is 1.90. The van der Waals surface area contributed by atoms with Gasteiger partial charge < -0.3 is 10.6 Å². The van der Waals surface area contributed by atoms with Gasteiger partial charge in [0.2, 0.25) is 0 Å². The van der Waals surface area contributed by atoms with Gasteiger partial charge in [0, 0.05) is 6.54 Å². The summed E-state index contributed by atoms with van der Waals surface area (Å²) in [5.41, 5.74) is 6.60. The first-order valence-corrected chi connectivity index (χ1v) is 8.16. The van der Waals surface area contributed by atoms with E-state index >= 15 is 0 Å². The second-order valence-corrected chi connectivity index (χ2v) is 6.95. The Hall–Kier alpha value is -0.0800. The van der Waals surface area contributed by atoms with Gasteiger partial charge in [-0.3, -0.25) is 0 Å². The molecule has 2 atom stereocenters. The highest BCUT2D eigenvalue weighted by atomic mass is 15.1. The van der Waals surface area contributed by atoms with E-state index in [4.69, 9.17) is 5.73 Å². The molecule has 2 fully saturated rings. The maximum atomic E-state index is 6.16. The lowest BCUT2D eigenvalue weighted by Gasteiger charge is -2.43. The van der Waals surface area contributed by atoms with Crippen molar-refractivity contribution in [2.24, 2.45) is 17.1 Å². The summed E-state index contributed by atoms with van der Waals surface area (Å²) in [6, 6.07) is 0. The number of hydrogen-bond acceptors (Lipinski definition) is 2. The minimum atomic E-state index is 0.441. The molecule has 1 saturated carbocycles. The molecule has 0 spiro atoms. The normalized spacial score (nSPS) is 36.0. The van der Waals surface area contributed by atoms with Crippen LogP contribution in [0.4, 0.5) is 0 Å². The molecule has 2 rings (SSSR count). The Morgan fingerprint density at radius 1 is 1.06 bits per heavy atom. The third-order valence-corrected chi connectivity index (χ3v) is 5.13. The average molecular weight is 252 g/mol. The molecule has 0 aromatic carbocycles. The molecule has 1 aliphatic carbocycles. The third-order valence-electron chi connectivity index (χ3n) is 5.13. The Labute approximate surface area is 113 Å². The Morgan fingerprint density at radius 2 is 1.72 bits per heavy atom. The summed E-state index contributed by atoms with van der Waals surface area (Å²) in [7, 11) is 0. The zero-order valence-corrected chi connectivity index (χ0v) is 12.3. The fraction of sp³-hybridized carbons (Fsp3) is 1.00. The SMILES string of the molecule is CC1CCCC(CN)(CN2CCCCCCC2)C1. The standard InChI is InChI=1S/C16H32N2/c1-15-8-7-9-16(12-15,13-17)14-18-10-5-3-2-4-6-11-18/h15H,2-14,17H2,1H3. The largest absolute Gasteiger partial charge is 0.330 e. The van der Waals surface area contributed by atoms with Crippen molar-refractivity contribution in [2.45, 2.75) is 64.7 Å². The van der Waals surface area contributed by atoms with Gasteiger partial charge in [0.25, 0.3) is 0 Å². The topological polar surface area (TPSA) is 29.3 Å². The van der Waals surface area contributed by atoms with Crippen LogP contribution >= 0.6 is 0 Å². The van der Waals surface area contributed by atoms with Crippen LogP contribution in [-0.2, 0) is 0 Å². The van der Waals surface area contributed by atoms with Gasteiger partial charge in [-0.2, -0.15) is 0 Å². The van der Waals surface area contributed by atoms with Crippen LogP contribution in [-0.4, -0.2) is 31.1 Å². The molecule has 2 heteroatoms. The van der Waals surface area contributed by atoms with Gasteiger partial charge in [0.15, 0.2) is 0 Å². The van der Waals surface area contributed by atoms with Gasteiger partial charge in [0.05, 0.1) is 0 Å². The van der Waals surface area contributed by atoms with Gasteiger partial charge in [0.1, 0.15) is 0 Å². The van der Waals surface area contributed by atoms with Gasteiger partial charge >= 0.3 is 0 Å². The summed E-state index contributed by atoms with van der Waals surface area (Å²) in [5.74, 6) is 0.886. The lowest BCUT2D eigenvalue weighted by atomic mass is 9.69. The van der Waals surface area contributed by atoms with E-state index < -0.39 is 0 Å². The number of nitrogens with two attached hydrogens (primary N) is 1. The van der Waals surface area contributed by atoms with Gasteiger partial charge in [-0.1, -0.05) is 39.0 Å². The van der Waals surface area contributed by atoms with Crippen molar-refractivity contribution in [3.8, 4) is 0 Å². The van der Waals surface area contributed by atoms with Crippen LogP contribution in [0, 0.1) is 11.3 Å². The van der Waals surface area contributed by atoms with Crippen molar-refractivity contribution in [3.05, 3.63) is 0 Å². The second-order valence-electron chi connectivity index (χ2n) is 6.95. The highest BCUT2D eigenvalue weighted by molar-refractivity contribution is 4.89. The highest BCUT2D eigenvalue weighted by Crippen LogP contribution is 2.39. The molecular formula is C16H32N2. The van der Waals surface area contributed by atoms with Crippen LogP contribution in [0.2, 0.25) is 0 Å². The van der Waals surface area contributed by atoms with Crippen molar-refractivity contribution in [2.75, 3.05) is 26.2 Å². The Kier molecular flexibility index (Phi) is 5.50. The number of rotatable bonds is 3. The zero-order valence-electron chi connectivity index (χ0n) is 12.3. The number of likely N-dealkylation sites (tertiary alicyclic amines) is 1. The molecule has 18 heavy (non-hydrogen) atoms. The molecule has 106 valence electrons.